The largest absolute Gasteiger partial charge is 0.463 e. The van der Waals surface area contributed by atoms with Crippen molar-refractivity contribution < 1.29 is 27.6 Å². The molecule has 0 radical (unpaired) electrons. The maximum absolute atomic E-state index is 11.5. The van der Waals surface area contributed by atoms with Crippen LogP contribution in [0.25, 0.3) is 0 Å². The van der Waals surface area contributed by atoms with E-state index in [0.717, 1.165) is 32.1 Å². The summed E-state index contributed by atoms with van der Waals surface area (Å²) in [5.41, 5.74) is 0. The highest BCUT2D eigenvalue weighted by molar-refractivity contribution is 7.85. The van der Waals surface area contributed by atoms with E-state index >= 15 is 0 Å². The summed E-state index contributed by atoms with van der Waals surface area (Å²) in [7, 11) is -4.26. The van der Waals surface area contributed by atoms with Crippen molar-refractivity contribution in [2.75, 3.05) is 12.4 Å². The summed E-state index contributed by atoms with van der Waals surface area (Å²) < 4.78 is 34.5. The topological polar surface area (TPSA) is 101 Å². The van der Waals surface area contributed by atoms with Gasteiger partial charge in [-0.05, 0) is 32.1 Å². The first-order valence-electron chi connectivity index (χ1n) is 10.8. The highest BCUT2D eigenvalue weighted by Gasteiger charge is 2.15. The van der Waals surface area contributed by atoms with E-state index < -0.39 is 34.6 Å². The molecule has 0 saturated carbocycles. The number of rotatable bonds is 19. The Hall–Kier alpha value is -0.920. The van der Waals surface area contributed by atoms with Crippen molar-refractivity contribution in [1.82, 2.24) is 0 Å². The second-order valence-corrected chi connectivity index (χ2v) is 8.92. The van der Waals surface area contributed by atoms with Crippen LogP contribution in [0.4, 0.5) is 0 Å². The minimum Gasteiger partial charge on any atom is -0.463 e. The smallest absolute Gasteiger partial charge is 0.305 e. The molecular weight excluding hydrogens is 380 g/mol. The minimum absolute atomic E-state index is 0.261. The summed E-state index contributed by atoms with van der Waals surface area (Å²) in [6.07, 6.45) is 18.8. The highest BCUT2D eigenvalue weighted by Crippen LogP contribution is 2.10. The molecule has 1 unspecified atom stereocenters. The maximum Gasteiger partial charge on any atom is 0.305 e. The van der Waals surface area contributed by atoms with E-state index in [1.54, 1.807) is 0 Å². The minimum atomic E-state index is -4.26. The van der Waals surface area contributed by atoms with Gasteiger partial charge in [-0.25, -0.2) is 0 Å². The monoisotopic (exact) mass is 420 g/mol. The number of aliphatic hydroxyl groups excluding tert-OH is 1. The quantitative estimate of drug-likeness (QED) is 0.134. The molecule has 0 aliphatic rings. The van der Waals surface area contributed by atoms with Crippen LogP contribution in [0.2, 0.25) is 0 Å². The number of ether oxygens (including phenoxy) is 1. The van der Waals surface area contributed by atoms with Gasteiger partial charge in [-0.2, -0.15) is 8.42 Å². The third-order valence-corrected chi connectivity index (χ3v) is 5.29. The van der Waals surface area contributed by atoms with Gasteiger partial charge in [0.05, 0.1) is 0 Å². The number of aliphatic hydroxyl groups is 1. The van der Waals surface area contributed by atoms with Crippen molar-refractivity contribution in [1.29, 1.82) is 0 Å². The molecule has 2 N–H and O–H groups in total. The van der Waals surface area contributed by atoms with Crippen LogP contribution in [0.1, 0.15) is 96.8 Å². The molecule has 28 heavy (non-hydrogen) atoms. The molecule has 0 amide bonds. The van der Waals surface area contributed by atoms with Crippen molar-refractivity contribution >= 4 is 16.1 Å². The number of unbranched alkanes of at least 4 members (excludes halogenated alkanes) is 11. The van der Waals surface area contributed by atoms with Crippen molar-refractivity contribution in [3.8, 4) is 0 Å². The van der Waals surface area contributed by atoms with Crippen LogP contribution in [0.3, 0.4) is 0 Å². The van der Waals surface area contributed by atoms with Crippen molar-refractivity contribution in [3.63, 3.8) is 0 Å². The fourth-order valence-corrected chi connectivity index (χ4v) is 3.48. The van der Waals surface area contributed by atoms with Crippen molar-refractivity contribution in [2.45, 2.75) is 103 Å². The Morgan fingerprint density at radius 2 is 1.39 bits per heavy atom. The first-order chi connectivity index (χ1) is 13.3. The highest BCUT2D eigenvalue weighted by atomic mass is 32.2. The lowest BCUT2D eigenvalue weighted by Crippen LogP contribution is -2.26. The molecule has 0 aromatic carbocycles. The number of hydrogen-bond donors (Lipinski definition) is 2. The number of esters is 1. The fraction of sp³-hybridized carbons (Fsp3) is 0.857. The Labute approximate surface area is 171 Å². The SMILES string of the molecule is CCCCCCCC/C=C\CCCCCCCC(=O)OCC(O)CS(=O)(=O)O. The number of allylic oxidation sites excluding steroid dienone is 2. The molecule has 0 rings (SSSR count). The normalized spacial score (nSPS) is 13.1. The number of hydrogen-bond acceptors (Lipinski definition) is 5. The molecule has 1 atom stereocenters. The first kappa shape index (κ1) is 27.1. The molecule has 166 valence electrons. The Morgan fingerprint density at radius 1 is 0.893 bits per heavy atom. The average molecular weight is 421 g/mol. The van der Waals surface area contributed by atoms with Gasteiger partial charge >= 0.3 is 5.97 Å². The summed E-state index contributed by atoms with van der Waals surface area (Å²) >= 11 is 0. The van der Waals surface area contributed by atoms with Gasteiger partial charge < -0.3 is 9.84 Å². The second-order valence-electron chi connectivity index (χ2n) is 7.42. The van der Waals surface area contributed by atoms with Crippen LogP contribution in [0.15, 0.2) is 12.2 Å². The number of carbonyl (C=O) groups excluding carboxylic acids is 1. The lowest BCUT2D eigenvalue weighted by atomic mass is 10.1. The summed E-state index contributed by atoms with van der Waals surface area (Å²) in [5, 5.41) is 9.32. The van der Waals surface area contributed by atoms with E-state index in [0.29, 0.717) is 0 Å². The molecule has 0 heterocycles. The number of carbonyl (C=O) groups is 1. The van der Waals surface area contributed by atoms with Gasteiger partial charge in [0.15, 0.2) is 0 Å². The predicted octanol–water partition coefficient (Wildman–Crippen LogP) is 4.82. The second kappa shape index (κ2) is 18.1. The third kappa shape index (κ3) is 21.4. The van der Waals surface area contributed by atoms with Gasteiger partial charge in [-0.1, -0.05) is 70.4 Å². The van der Waals surface area contributed by atoms with Crippen LogP contribution >= 0.6 is 0 Å². The van der Waals surface area contributed by atoms with E-state index in [1.807, 2.05) is 0 Å². The standard InChI is InChI=1S/C21H40O6S/c1-2-3-4-5-6-7-8-9-10-11-12-13-14-15-16-17-21(23)27-18-20(22)19-28(24,25)26/h9-10,20,22H,2-8,11-19H2,1H3,(H,24,25,26)/b10-9-. The lowest BCUT2D eigenvalue weighted by molar-refractivity contribution is -0.146. The lowest BCUT2D eigenvalue weighted by Gasteiger charge is -2.09. The molecule has 0 bridgehead atoms. The molecule has 0 saturated heterocycles. The molecule has 0 aliphatic carbocycles. The van der Waals surface area contributed by atoms with Crippen LogP contribution in [-0.4, -0.2) is 42.5 Å². The van der Waals surface area contributed by atoms with E-state index in [2.05, 4.69) is 19.1 Å². The Bertz CT molecular complexity index is 501. The van der Waals surface area contributed by atoms with E-state index in [1.165, 1.54) is 51.4 Å². The van der Waals surface area contributed by atoms with Crippen LogP contribution in [0, 0.1) is 0 Å². The Morgan fingerprint density at radius 3 is 1.93 bits per heavy atom. The van der Waals surface area contributed by atoms with Gasteiger partial charge in [0.25, 0.3) is 10.1 Å². The zero-order valence-electron chi connectivity index (χ0n) is 17.5. The van der Waals surface area contributed by atoms with Crippen LogP contribution < -0.4 is 0 Å². The summed E-state index contributed by atoms with van der Waals surface area (Å²) in [6.45, 7) is 1.83. The average Bonchev–Trinajstić information content (AvgIpc) is 2.62. The predicted molar refractivity (Wildman–Crippen MR) is 113 cm³/mol. The molecule has 7 heteroatoms. The van der Waals surface area contributed by atoms with Gasteiger partial charge in [0, 0.05) is 6.42 Å². The summed E-state index contributed by atoms with van der Waals surface area (Å²) in [6, 6.07) is 0. The molecule has 0 aliphatic heterocycles. The molecule has 6 nitrogen and oxygen atoms in total. The summed E-state index contributed by atoms with van der Waals surface area (Å²) in [4.78, 5) is 11.5. The van der Waals surface area contributed by atoms with E-state index in [4.69, 9.17) is 9.29 Å². The van der Waals surface area contributed by atoms with Gasteiger partial charge in [-0.3, -0.25) is 9.35 Å². The summed E-state index contributed by atoms with van der Waals surface area (Å²) in [5.74, 6) is -1.28. The van der Waals surface area contributed by atoms with Gasteiger partial charge in [0.2, 0.25) is 0 Å². The Balaban J connectivity index is 3.38. The van der Waals surface area contributed by atoms with Crippen LogP contribution in [-0.2, 0) is 19.6 Å². The van der Waals surface area contributed by atoms with Crippen molar-refractivity contribution in [2.24, 2.45) is 0 Å². The maximum atomic E-state index is 11.5. The third-order valence-electron chi connectivity index (χ3n) is 4.48. The fourth-order valence-electron chi connectivity index (χ4n) is 2.89. The van der Waals surface area contributed by atoms with Crippen molar-refractivity contribution in [3.05, 3.63) is 12.2 Å². The van der Waals surface area contributed by atoms with Gasteiger partial charge in [0.1, 0.15) is 18.5 Å². The molecule has 0 spiro atoms. The zero-order chi connectivity index (χ0) is 21.1. The van der Waals surface area contributed by atoms with E-state index in [-0.39, 0.29) is 6.42 Å². The molecule has 0 fully saturated rings. The first-order valence-corrected chi connectivity index (χ1v) is 12.4. The molecule has 0 aromatic rings. The van der Waals surface area contributed by atoms with Crippen LogP contribution in [0.5, 0.6) is 0 Å². The molecule has 0 aromatic heterocycles. The van der Waals surface area contributed by atoms with E-state index in [9.17, 15) is 18.3 Å². The Kier molecular flexibility index (Phi) is 17.5. The van der Waals surface area contributed by atoms with Gasteiger partial charge in [-0.15, -0.1) is 0 Å². The zero-order valence-corrected chi connectivity index (χ0v) is 18.3. The molecular formula is C21H40O6S.